The summed E-state index contributed by atoms with van der Waals surface area (Å²) in [4.78, 5) is 9.84. The van der Waals surface area contributed by atoms with Gasteiger partial charge in [0.25, 0.3) is 0 Å². The summed E-state index contributed by atoms with van der Waals surface area (Å²) in [5.41, 5.74) is 2.35. The molecule has 0 aliphatic carbocycles. The smallest absolute Gasteiger partial charge is 0.155 e. The van der Waals surface area contributed by atoms with Crippen LogP contribution in [-0.2, 0) is 0 Å². The second-order valence-corrected chi connectivity index (χ2v) is 6.09. The Hall–Kier alpha value is -1.39. The van der Waals surface area contributed by atoms with Crippen LogP contribution in [0.3, 0.4) is 0 Å². The largest absolute Gasteiger partial charge is 0.264 e. The van der Waals surface area contributed by atoms with Gasteiger partial charge in [-0.05, 0) is 36.8 Å². The van der Waals surface area contributed by atoms with Gasteiger partial charge in [0, 0.05) is 17.3 Å². The van der Waals surface area contributed by atoms with Gasteiger partial charge in [0.05, 0.1) is 10.2 Å². The molecule has 0 unspecified atom stereocenters. The summed E-state index contributed by atoms with van der Waals surface area (Å²) in [6.45, 7) is 2.10. The molecule has 0 saturated carbocycles. The number of rotatable bonds is 2. The number of aryl methyl sites for hydroxylation is 1. The van der Waals surface area contributed by atoms with Crippen LogP contribution in [0.5, 0.6) is 0 Å². The minimum atomic E-state index is 1.07. The molecule has 1 aromatic carbocycles. The van der Waals surface area contributed by atoms with Crippen LogP contribution in [0.4, 0.5) is 0 Å². The second kappa shape index (κ2) is 4.47. The van der Waals surface area contributed by atoms with E-state index < -0.39 is 0 Å². The summed E-state index contributed by atoms with van der Waals surface area (Å²) in [5, 5.41) is 0. The van der Waals surface area contributed by atoms with Crippen molar-refractivity contribution in [2.75, 3.05) is 0 Å². The molecule has 0 amide bonds. The van der Waals surface area contributed by atoms with E-state index in [1.807, 2.05) is 12.3 Å². The Morgan fingerprint density at radius 2 is 2.18 bits per heavy atom. The number of pyridine rings is 1. The third kappa shape index (κ3) is 2.33. The number of nitrogens with zero attached hydrogens (tertiary/aromatic N) is 2. The lowest BCUT2D eigenvalue weighted by molar-refractivity contribution is 1.22. The molecule has 2 heterocycles. The Labute approximate surface area is 108 Å². The van der Waals surface area contributed by atoms with Crippen LogP contribution >= 0.6 is 23.1 Å². The summed E-state index contributed by atoms with van der Waals surface area (Å²) >= 11 is 3.39. The van der Waals surface area contributed by atoms with Crippen molar-refractivity contribution in [1.82, 2.24) is 9.97 Å². The van der Waals surface area contributed by atoms with Crippen molar-refractivity contribution in [3.63, 3.8) is 0 Å². The molecule has 0 bridgehead atoms. The van der Waals surface area contributed by atoms with Crippen molar-refractivity contribution in [2.24, 2.45) is 0 Å². The highest BCUT2D eigenvalue weighted by Gasteiger charge is 2.05. The molecule has 2 nitrogen and oxygen atoms in total. The Bertz CT molecular complexity index is 647. The number of aromatic nitrogens is 2. The fourth-order valence-corrected chi connectivity index (χ4v) is 3.69. The molecule has 0 saturated heterocycles. The van der Waals surface area contributed by atoms with Gasteiger partial charge in [-0.25, -0.2) is 4.98 Å². The standard InChI is InChI=1S/C13H10N2S2/c1-9-4-5-11-12(7-9)17-13(15-11)16-10-3-2-6-14-8-10/h2-8H,1H3. The van der Waals surface area contributed by atoms with E-state index in [1.165, 1.54) is 10.3 Å². The average molecular weight is 258 g/mol. The van der Waals surface area contributed by atoms with Crippen LogP contribution in [0.15, 0.2) is 52.0 Å². The zero-order chi connectivity index (χ0) is 11.7. The number of thiazole rings is 1. The van der Waals surface area contributed by atoms with Gasteiger partial charge in [0.2, 0.25) is 0 Å². The summed E-state index contributed by atoms with van der Waals surface area (Å²) < 4.78 is 2.31. The maximum Gasteiger partial charge on any atom is 0.155 e. The van der Waals surface area contributed by atoms with Gasteiger partial charge < -0.3 is 0 Å². The SMILES string of the molecule is Cc1ccc2nc(Sc3cccnc3)sc2c1. The summed E-state index contributed by atoms with van der Waals surface area (Å²) in [5.74, 6) is 0. The first-order chi connectivity index (χ1) is 8.31. The lowest BCUT2D eigenvalue weighted by atomic mass is 10.2. The molecule has 3 rings (SSSR count). The van der Waals surface area contributed by atoms with Crippen molar-refractivity contribution >= 4 is 33.3 Å². The van der Waals surface area contributed by atoms with E-state index in [4.69, 9.17) is 0 Å². The van der Waals surface area contributed by atoms with Gasteiger partial charge in [0.15, 0.2) is 4.34 Å². The Morgan fingerprint density at radius 3 is 3.00 bits per heavy atom. The zero-order valence-corrected chi connectivity index (χ0v) is 10.9. The van der Waals surface area contributed by atoms with Gasteiger partial charge in [-0.1, -0.05) is 17.8 Å². The molecular weight excluding hydrogens is 248 g/mol. The second-order valence-electron chi connectivity index (χ2n) is 3.74. The fourth-order valence-electron chi connectivity index (χ4n) is 1.56. The summed E-state index contributed by atoms with van der Waals surface area (Å²) in [6.07, 6.45) is 3.65. The van der Waals surface area contributed by atoms with Gasteiger partial charge in [-0.3, -0.25) is 4.98 Å². The lowest BCUT2D eigenvalue weighted by Crippen LogP contribution is -1.74. The van der Waals surface area contributed by atoms with E-state index in [1.54, 1.807) is 29.3 Å². The predicted octanol–water partition coefficient (Wildman–Crippen LogP) is 4.15. The van der Waals surface area contributed by atoms with Crippen molar-refractivity contribution in [3.8, 4) is 0 Å². The Morgan fingerprint density at radius 1 is 1.24 bits per heavy atom. The van der Waals surface area contributed by atoms with E-state index >= 15 is 0 Å². The highest BCUT2D eigenvalue weighted by Crippen LogP contribution is 2.34. The van der Waals surface area contributed by atoms with E-state index in [0.717, 1.165) is 14.8 Å². The molecule has 84 valence electrons. The van der Waals surface area contributed by atoms with Crippen molar-refractivity contribution in [3.05, 3.63) is 48.3 Å². The Kier molecular flexibility index (Phi) is 2.82. The monoisotopic (exact) mass is 258 g/mol. The average Bonchev–Trinajstić information content (AvgIpc) is 2.71. The maximum atomic E-state index is 4.60. The van der Waals surface area contributed by atoms with Crippen molar-refractivity contribution < 1.29 is 0 Å². The van der Waals surface area contributed by atoms with E-state index in [9.17, 15) is 0 Å². The highest BCUT2D eigenvalue weighted by atomic mass is 32.2. The number of fused-ring (bicyclic) bond motifs is 1. The minimum Gasteiger partial charge on any atom is -0.264 e. The van der Waals surface area contributed by atoms with Gasteiger partial charge in [0.1, 0.15) is 0 Å². The Balaban J connectivity index is 1.96. The predicted molar refractivity (Wildman–Crippen MR) is 72.7 cm³/mol. The number of benzene rings is 1. The van der Waals surface area contributed by atoms with Gasteiger partial charge in [-0.15, -0.1) is 11.3 Å². The van der Waals surface area contributed by atoms with E-state index in [0.29, 0.717) is 0 Å². The molecule has 2 aromatic heterocycles. The number of hydrogen-bond donors (Lipinski definition) is 0. The lowest BCUT2D eigenvalue weighted by Gasteiger charge is -1.93. The van der Waals surface area contributed by atoms with Crippen molar-refractivity contribution in [1.29, 1.82) is 0 Å². The molecule has 0 radical (unpaired) electrons. The maximum absolute atomic E-state index is 4.60. The first-order valence-corrected chi connectivity index (χ1v) is 6.90. The summed E-state index contributed by atoms with van der Waals surface area (Å²) in [6, 6.07) is 10.4. The van der Waals surface area contributed by atoms with Gasteiger partial charge in [-0.2, -0.15) is 0 Å². The van der Waals surface area contributed by atoms with Crippen LogP contribution < -0.4 is 0 Å². The minimum absolute atomic E-state index is 1.07. The quantitative estimate of drug-likeness (QED) is 0.690. The first-order valence-electron chi connectivity index (χ1n) is 5.26. The normalized spacial score (nSPS) is 10.9. The fraction of sp³-hybridized carbons (Fsp3) is 0.0769. The molecule has 3 aromatic rings. The van der Waals surface area contributed by atoms with Crippen molar-refractivity contribution in [2.45, 2.75) is 16.2 Å². The molecule has 17 heavy (non-hydrogen) atoms. The van der Waals surface area contributed by atoms with Crippen LogP contribution in [0, 0.1) is 6.92 Å². The molecule has 4 heteroatoms. The third-order valence-corrected chi connectivity index (χ3v) is 4.42. The van der Waals surface area contributed by atoms with E-state index in [-0.39, 0.29) is 0 Å². The van der Waals surface area contributed by atoms with Gasteiger partial charge >= 0.3 is 0 Å². The molecule has 0 aliphatic rings. The summed E-state index contributed by atoms with van der Waals surface area (Å²) in [7, 11) is 0. The van der Waals surface area contributed by atoms with Crippen LogP contribution in [0.2, 0.25) is 0 Å². The molecule has 0 aliphatic heterocycles. The zero-order valence-electron chi connectivity index (χ0n) is 9.25. The molecule has 0 fully saturated rings. The number of hydrogen-bond acceptors (Lipinski definition) is 4. The molecule has 0 atom stereocenters. The van der Waals surface area contributed by atoms with E-state index in [2.05, 4.69) is 41.2 Å². The van der Waals surface area contributed by atoms with Crippen LogP contribution in [-0.4, -0.2) is 9.97 Å². The molecule has 0 spiro atoms. The highest BCUT2D eigenvalue weighted by molar-refractivity contribution is 8.01. The topological polar surface area (TPSA) is 25.8 Å². The van der Waals surface area contributed by atoms with Crippen LogP contribution in [0.25, 0.3) is 10.2 Å². The molecule has 0 N–H and O–H groups in total. The van der Waals surface area contributed by atoms with Crippen LogP contribution in [0.1, 0.15) is 5.56 Å². The molecular formula is C13H10N2S2. The first kappa shape index (κ1) is 10.7. The third-order valence-electron chi connectivity index (χ3n) is 2.36.